The van der Waals surface area contributed by atoms with Crippen LogP contribution in [0.5, 0.6) is 0 Å². The molecule has 0 radical (unpaired) electrons. The molecule has 18 heavy (non-hydrogen) atoms. The number of amides is 1. The largest absolute Gasteiger partial charge is 0.379 e. The average molecular weight is 260 g/mol. The van der Waals surface area contributed by atoms with Crippen LogP contribution < -0.4 is 11.1 Å². The Hall–Kier alpha value is -0.650. The number of unbranched alkanes of at least 4 members (excludes halogenated alkanes) is 1. The summed E-state index contributed by atoms with van der Waals surface area (Å²) in [6, 6.07) is -0.0779. The molecule has 3 N–H and O–H groups in total. The summed E-state index contributed by atoms with van der Waals surface area (Å²) in [5.41, 5.74) is 5.30. The van der Waals surface area contributed by atoms with Crippen LogP contribution in [0.1, 0.15) is 40.0 Å². The van der Waals surface area contributed by atoms with Gasteiger partial charge < -0.3 is 20.5 Å². The van der Waals surface area contributed by atoms with Crippen molar-refractivity contribution in [3.05, 3.63) is 0 Å². The molecular formula is C13H28N2O3. The van der Waals surface area contributed by atoms with Crippen molar-refractivity contribution >= 4 is 5.91 Å². The van der Waals surface area contributed by atoms with Crippen LogP contribution in [0.3, 0.4) is 0 Å². The Bertz CT molecular complexity index is 210. The zero-order valence-electron chi connectivity index (χ0n) is 11.9. The molecule has 1 unspecified atom stereocenters. The Balaban J connectivity index is 3.47. The standard InChI is InChI=1S/C13H28N2O3/c1-4-5-7-17-9-10-18-8-6-12(13(14)16)15-11(2)3/h11-12,15H,4-10H2,1-3H3,(H2,14,16). The van der Waals surface area contributed by atoms with Gasteiger partial charge in [0.2, 0.25) is 5.91 Å². The van der Waals surface area contributed by atoms with E-state index in [1.54, 1.807) is 0 Å². The molecule has 0 aromatic rings. The van der Waals surface area contributed by atoms with Crippen LogP contribution in [-0.4, -0.2) is 44.4 Å². The molecule has 0 heterocycles. The summed E-state index contributed by atoms with van der Waals surface area (Å²) < 4.78 is 10.8. The minimum atomic E-state index is -0.327. The van der Waals surface area contributed by atoms with Crippen LogP contribution in [0.15, 0.2) is 0 Å². The molecule has 0 saturated carbocycles. The first-order valence-corrected chi connectivity index (χ1v) is 6.78. The van der Waals surface area contributed by atoms with Crippen molar-refractivity contribution in [2.75, 3.05) is 26.4 Å². The van der Waals surface area contributed by atoms with Gasteiger partial charge in [-0.1, -0.05) is 27.2 Å². The minimum Gasteiger partial charge on any atom is -0.379 e. The second-order valence-corrected chi connectivity index (χ2v) is 4.64. The van der Waals surface area contributed by atoms with Gasteiger partial charge in [-0.25, -0.2) is 0 Å². The zero-order valence-corrected chi connectivity index (χ0v) is 11.9. The summed E-state index contributed by atoms with van der Waals surface area (Å²) in [5.74, 6) is -0.327. The van der Waals surface area contributed by atoms with E-state index in [-0.39, 0.29) is 18.0 Å². The molecule has 0 aliphatic rings. The summed E-state index contributed by atoms with van der Waals surface area (Å²) in [4.78, 5) is 11.2. The second-order valence-electron chi connectivity index (χ2n) is 4.64. The van der Waals surface area contributed by atoms with Gasteiger partial charge >= 0.3 is 0 Å². The van der Waals surface area contributed by atoms with Gasteiger partial charge in [0.05, 0.1) is 19.3 Å². The maximum absolute atomic E-state index is 11.2. The van der Waals surface area contributed by atoms with E-state index in [9.17, 15) is 4.79 Å². The van der Waals surface area contributed by atoms with Crippen LogP contribution in [0.2, 0.25) is 0 Å². The first kappa shape index (κ1) is 17.4. The van der Waals surface area contributed by atoms with Crippen molar-refractivity contribution in [1.82, 2.24) is 5.32 Å². The van der Waals surface area contributed by atoms with Crippen LogP contribution in [0, 0.1) is 0 Å². The van der Waals surface area contributed by atoms with E-state index in [1.807, 2.05) is 13.8 Å². The van der Waals surface area contributed by atoms with Gasteiger partial charge in [-0.15, -0.1) is 0 Å². The number of ether oxygens (including phenoxy) is 2. The fourth-order valence-electron chi connectivity index (χ4n) is 1.48. The van der Waals surface area contributed by atoms with Crippen molar-refractivity contribution in [3.63, 3.8) is 0 Å². The second kappa shape index (κ2) is 11.4. The number of primary amides is 1. The van der Waals surface area contributed by atoms with Crippen molar-refractivity contribution in [2.45, 2.75) is 52.1 Å². The highest BCUT2D eigenvalue weighted by Crippen LogP contribution is 1.95. The molecule has 0 fully saturated rings. The molecule has 0 aromatic carbocycles. The normalized spacial score (nSPS) is 12.9. The monoisotopic (exact) mass is 260 g/mol. The Morgan fingerprint density at radius 1 is 1.17 bits per heavy atom. The van der Waals surface area contributed by atoms with Crippen LogP contribution in [0.25, 0.3) is 0 Å². The van der Waals surface area contributed by atoms with Gasteiger partial charge in [-0.3, -0.25) is 4.79 Å². The highest BCUT2D eigenvalue weighted by atomic mass is 16.5. The lowest BCUT2D eigenvalue weighted by Crippen LogP contribution is -2.45. The first-order valence-electron chi connectivity index (χ1n) is 6.78. The molecule has 108 valence electrons. The van der Waals surface area contributed by atoms with Gasteiger partial charge in [0.1, 0.15) is 0 Å². The fourth-order valence-corrected chi connectivity index (χ4v) is 1.48. The number of hydrogen-bond acceptors (Lipinski definition) is 4. The zero-order chi connectivity index (χ0) is 13.8. The van der Waals surface area contributed by atoms with Crippen LogP contribution in [0.4, 0.5) is 0 Å². The van der Waals surface area contributed by atoms with Crippen molar-refractivity contribution in [3.8, 4) is 0 Å². The number of carbonyl (C=O) groups excluding carboxylic acids is 1. The molecule has 0 aliphatic carbocycles. The van der Waals surface area contributed by atoms with Crippen molar-refractivity contribution in [1.29, 1.82) is 0 Å². The van der Waals surface area contributed by atoms with E-state index >= 15 is 0 Å². The topological polar surface area (TPSA) is 73.6 Å². The third kappa shape index (κ3) is 10.5. The highest BCUT2D eigenvalue weighted by Gasteiger charge is 2.15. The number of rotatable bonds is 12. The third-order valence-corrected chi connectivity index (χ3v) is 2.44. The average Bonchev–Trinajstić information content (AvgIpc) is 2.30. The molecule has 0 rings (SSSR count). The number of nitrogens with one attached hydrogen (secondary N) is 1. The van der Waals surface area contributed by atoms with E-state index in [1.165, 1.54) is 0 Å². The van der Waals surface area contributed by atoms with Gasteiger partial charge in [0.25, 0.3) is 0 Å². The van der Waals surface area contributed by atoms with Crippen LogP contribution >= 0.6 is 0 Å². The Morgan fingerprint density at radius 2 is 1.78 bits per heavy atom. The molecule has 0 spiro atoms. The van der Waals surface area contributed by atoms with Gasteiger partial charge in [0.15, 0.2) is 0 Å². The lowest BCUT2D eigenvalue weighted by molar-refractivity contribution is -0.120. The molecule has 5 heteroatoms. The molecule has 0 saturated heterocycles. The molecular weight excluding hydrogens is 232 g/mol. The van der Waals surface area contributed by atoms with Gasteiger partial charge in [-0.05, 0) is 12.8 Å². The van der Waals surface area contributed by atoms with Crippen LogP contribution in [-0.2, 0) is 14.3 Å². The molecule has 0 bridgehead atoms. The first-order chi connectivity index (χ1) is 8.57. The predicted octanol–water partition coefficient (Wildman–Crippen LogP) is 1.06. The molecule has 1 amide bonds. The quantitative estimate of drug-likeness (QED) is 0.515. The Kier molecular flexibility index (Phi) is 11.0. The lowest BCUT2D eigenvalue weighted by atomic mass is 10.2. The van der Waals surface area contributed by atoms with E-state index in [4.69, 9.17) is 15.2 Å². The summed E-state index contributed by atoms with van der Waals surface area (Å²) in [6.07, 6.45) is 2.83. The van der Waals surface area contributed by atoms with Crippen molar-refractivity contribution < 1.29 is 14.3 Å². The summed E-state index contributed by atoms with van der Waals surface area (Å²) in [6.45, 7) is 8.58. The Morgan fingerprint density at radius 3 is 2.28 bits per heavy atom. The number of nitrogens with two attached hydrogens (primary N) is 1. The molecule has 5 nitrogen and oxygen atoms in total. The Labute approximate surface area is 110 Å². The molecule has 0 aromatic heterocycles. The van der Waals surface area contributed by atoms with E-state index < -0.39 is 0 Å². The number of carbonyl (C=O) groups is 1. The SMILES string of the molecule is CCCCOCCOCCC(NC(C)C)C(N)=O. The summed E-state index contributed by atoms with van der Waals surface area (Å²) in [5, 5.41) is 3.11. The van der Waals surface area contributed by atoms with Gasteiger partial charge in [0, 0.05) is 19.3 Å². The lowest BCUT2D eigenvalue weighted by Gasteiger charge is -2.18. The maximum Gasteiger partial charge on any atom is 0.234 e. The molecule has 1 atom stereocenters. The fraction of sp³-hybridized carbons (Fsp3) is 0.923. The van der Waals surface area contributed by atoms with E-state index in [2.05, 4.69) is 12.2 Å². The highest BCUT2D eigenvalue weighted by molar-refractivity contribution is 5.79. The van der Waals surface area contributed by atoms with Gasteiger partial charge in [-0.2, -0.15) is 0 Å². The maximum atomic E-state index is 11.2. The van der Waals surface area contributed by atoms with E-state index in [0.29, 0.717) is 26.2 Å². The third-order valence-electron chi connectivity index (χ3n) is 2.44. The minimum absolute atomic E-state index is 0.236. The predicted molar refractivity (Wildman–Crippen MR) is 72.4 cm³/mol. The molecule has 0 aliphatic heterocycles. The smallest absolute Gasteiger partial charge is 0.234 e. The van der Waals surface area contributed by atoms with Crippen molar-refractivity contribution in [2.24, 2.45) is 5.73 Å². The summed E-state index contributed by atoms with van der Waals surface area (Å²) >= 11 is 0. The number of hydrogen-bond donors (Lipinski definition) is 2. The summed E-state index contributed by atoms with van der Waals surface area (Å²) in [7, 11) is 0. The van der Waals surface area contributed by atoms with E-state index in [0.717, 1.165) is 19.4 Å².